The number of imidazole rings is 1. The van der Waals surface area contributed by atoms with Gasteiger partial charge < -0.3 is 14.4 Å². The lowest BCUT2D eigenvalue weighted by Crippen LogP contribution is -2.11. The minimum absolute atomic E-state index is 0.167. The Bertz CT molecular complexity index is 556. The number of fused-ring (bicyclic) bond motifs is 1. The van der Waals surface area contributed by atoms with Gasteiger partial charge in [-0.3, -0.25) is 0 Å². The highest BCUT2D eigenvalue weighted by Crippen LogP contribution is 2.26. The van der Waals surface area contributed by atoms with Gasteiger partial charge in [-0.1, -0.05) is 32.6 Å². The molecular formula is C15H24N4O2. The van der Waals surface area contributed by atoms with Crippen LogP contribution in [0, 0.1) is 0 Å². The van der Waals surface area contributed by atoms with Crippen LogP contribution >= 0.6 is 0 Å². The van der Waals surface area contributed by atoms with Gasteiger partial charge in [0.15, 0.2) is 11.2 Å². The predicted octanol–water partition coefficient (Wildman–Crippen LogP) is 2.73. The highest BCUT2D eigenvalue weighted by Gasteiger charge is 2.17. The van der Waals surface area contributed by atoms with Crippen molar-refractivity contribution in [3.05, 3.63) is 12.7 Å². The van der Waals surface area contributed by atoms with E-state index >= 15 is 0 Å². The quantitative estimate of drug-likeness (QED) is 0.719. The molecule has 1 atom stereocenters. The summed E-state index contributed by atoms with van der Waals surface area (Å²) in [5.41, 5.74) is 1.45. The Morgan fingerprint density at radius 2 is 2.05 bits per heavy atom. The maximum atomic E-state index is 9.32. The van der Waals surface area contributed by atoms with Crippen LogP contribution in [0.15, 0.2) is 12.7 Å². The molecule has 1 N–H and O–H groups in total. The Labute approximate surface area is 125 Å². The number of aromatic nitrogens is 4. The first-order valence-electron chi connectivity index (χ1n) is 7.64. The molecule has 2 aromatic heterocycles. The molecule has 6 nitrogen and oxygen atoms in total. The van der Waals surface area contributed by atoms with E-state index in [1.165, 1.54) is 25.6 Å². The molecule has 0 aliphatic heterocycles. The lowest BCUT2D eigenvalue weighted by Gasteiger charge is -2.18. The van der Waals surface area contributed by atoms with E-state index in [0.29, 0.717) is 17.8 Å². The molecule has 0 saturated heterocycles. The van der Waals surface area contributed by atoms with Gasteiger partial charge in [-0.15, -0.1) is 0 Å². The van der Waals surface area contributed by atoms with E-state index in [2.05, 4.69) is 21.9 Å². The van der Waals surface area contributed by atoms with Gasteiger partial charge in [-0.2, -0.15) is 4.98 Å². The Hall–Kier alpha value is -1.69. The highest BCUT2D eigenvalue weighted by molar-refractivity contribution is 5.75. The second-order valence-electron chi connectivity index (χ2n) is 5.22. The molecule has 116 valence electrons. The Balaban J connectivity index is 2.19. The number of rotatable bonds is 9. The zero-order valence-electron chi connectivity index (χ0n) is 12.8. The predicted molar refractivity (Wildman–Crippen MR) is 81.4 cm³/mol. The van der Waals surface area contributed by atoms with Crippen molar-refractivity contribution in [1.82, 2.24) is 19.5 Å². The summed E-state index contributed by atoms with van der Waals surface area (Å²) in [5.74, 6) is 0.493. The van der Waals surface area contributed by atoms with Crippen LogP contribution in [0.2, 0.25) is 0 Å². The van der Waals surface area contributed by atoms with E-state index in [9.17, 15) is 5.11 Å². The fraction of sp³-hybridized carbons (Fsp3) is 0.667. The van der Waals surface area contributed by atoms with E-state index in [-0.39, 0.29) is 12.6 Å². The molecule has 0 spiro atoms. The average Bonchev–Trinajstić information content (AvgIpc) is 2.94. The molecule has 0 bridgehead atoms. The van der Waals surface area contributed by atoms with E-state index in [1.807, 2.05) is 4.57 Å². The van der Waals surface area contributed by atoms with Crippen LogP contribution in [0.1, 0.15) is 51.5 Å². The maximum Gasteiger partial charge on any atom is 0.245 e. The van der Waals surface area contributed by atoms with Gasteiger partial charge >= 0.3 is 0 Å². The van der Waals surface area contributed by atoms with E-state index in [1.54, 1.807) is 13.4 Å². The van der Waals surface area contributed by atoms with Gasteiger partial charge in [-0.25, -0.2) is 9.97 Å². The van der Waals surface area contributed by atoms with Crippen molar-refractivity contribution in [2.24, 2.45) is 0 Å². The molecule has 0 aliphatic carbocycles. The number of hydrogen-bond donors (Lipinski definition) is 1. The summed E-state index contributed by atoms with van der Waals surface area (Å²) in [6, 6.07) is 0.219. The SMILES string of the molecule is CCCCCCC(CCO)n1cnc2c(OC)ncnc21. The summed E-state index contributed by atoms with van der Waals surface area (Å²) >= 11 is 0. The normalized spacial score (nSPS) is 12.7. The summed E-state index contributed by atoms with van der Waals surface area (Å²) in [6.07, 6.45) is 9.87. The molecule has 0 amide bonds. The van der Waals surface area contributed by atoms with Crippen LogP contribution in [0.3, 0.4) is 0 Å². The minimum Gasteiger partial charge on any atom is -0.479 e. The van der Waals surface area contributed by atoms with Gasteiger partial charge in [0.2, 0.25) is 5.88 Å². The van der Waals surface area contributed by atoms with E-state index in [0.717, 1.165) is 18.5 Å². The van der Waals surface area contributed by atoms with Crippen LogP contribution in [-0.2, 0) is 0 Å². The second-order valence-corrected chi connectivity index (χ2v) is 5.22. The Morgan fingerprint density at radius 3 is 2.76 bits per heavy atom. The third-order valence-electron chi connectivity index (χ3n) is 3.77. The van der Waals surface area contributed by atoms with Crippen molar-refractivity contribution in [2.75, 3.05) is 13.7 Å². The molecule has 0 aromatic carbocycles. The minimum atomic E-state index is 0.167. The molecule has 0 aliphatic rings. The van der Waals surface area contributed by atoms with Crippen molar-refractivity contribution >= 4 is 11.2 Å². The van der Waals surface area contributed by atoms with Crippen LogP contribution in [0.5, 0.6) is 5.88 Å². The second kappa shape index (κ2) is 7.93. The van der Waals surface area contributed by atoms with Crippen LogP contribution in [0.25, 0.3) is 11.2 Å². The van der Waals surface area contributed by atoms with Gasteiger partial charge in [0, 0.05) is 12.6 Å². The van der Waals surface area contributed by atoms with Crippen molar-refractivity contribution in [3.8, 4) is 5.88 Å². The van der Waals surface area contributed by atoms with Gasteiger partial charge in [0.05, 0.1) is 13.4 Å². The molecule has 6 heteroatoms. The van der Waals surface area contributed by atoms with E-state index < -0.39 is 0 Å². The number of unbranched alkanes of at least 4 members (excludes halogenated alkanes) is 3. The fourth-order valence-electron chi connectivity index (χ4n) is 2.63. The third-order valence-corrected chi connectivity index (χ3v) is 3.77. The molecule has 2 heterocycles. The zero-order chi connectivity index (χ0) is 15.1. The van der Waals surface area contributed by atoms with Gasteiger partial charge in [-0.05, 0) is 12.8 Å². The number of methoxy groups -OCH3 is 1. The number of aliphatic hydroxyl groups excluding tert-OH is 1. The molecule has 2 rings (SSSR count). The van der Waals surface area contributed by atoms with Gasteiger partial charge in [0.1, 0.15) is 6.33 Å². The smallest absolute Gasteiger partial charge is 0.245 e. The summed E-state index contributed by atoms with van der Waals surface area (Å²) in [6.45, 7) is 2.37. The van der Waals surface area contributed by atoms with Gasteiger partial charge in [0.25, 0.3) is 0 Å². The number of aliphatic hydroxyl groups is 1. The number of ether oxygens (including phenoxy) is 1. The first kappa shape index (κ1) is 15.7. The molecule has 1 unspecified atom stereocenters. The third kappa shape index (κ3) is 3.69. The lowest BCUT2D eigenvalue weighted by atomic mass is 10.0. The first-order chi connectivity index (χ1) is 10.3. The fourth-order valence-corrected chi connectivity index (χ4v) is 2.63. The van der Waals surface area contributed by atoms with Crippen molar-refractivity contribution in [3.63, 3.8) is 0 Å². The first-order valence-corrected chi connectivity index (χ1v) is 7.64. The Morgan fingerprint density at radius 1 is 1.19 bits per heavy atom. The Kier molecular flexibility index (Phi) is 5.92. The zero-order valence-corrected chi connectivity index (χ0v) is 12.8. The number of hydrogen-bond acceptors (Lipinski definition) is 5. The average molecular weight is 292 g/mol. The van der Waals surface area contributed by atoms with Crippen LogP contribution in [0.4, 0.5) is 0 Å². The van der Waals surface area contributed by atoms with E-state index in [4.69, 9.17) is 4.74 Å². The topological polar surface area (TPSA) is 73.1 Å². The number of nitrogens with zero attached hydrogens (tertiary/aromatic N) is 4. The summed E-state index contributed by atoms with van der Waals surface area (Å²) in [7, 11) is 1.58. The summed E-state index contributed by atoms with van der Waals surface area (Å²) in [5, 5.41) is 9.32. The lowest BCUT2D eigenvalue weighted by molar-refractivity contribution is 0.251. The molecule has 0 saturated carbocycles. The standard InChI is InChI=1S/C15H24N4O2/c1-3-4-5-6-7-12(8-9-20)19-11-18-13-14(19)16-10-17-15(13)21-2/h10-12,20H,3-9H2,1-2H3. The molecular weight excluding hydrogens is 268 g/mol. The maximum absolute atomic E-state index is 9.32. The molecule has 0 fully saturated rings. The van der Waals surface area contributed by atoms with Crippen molar-refractivity contribution in [2.45, 2.75) is 51.5 Å². The summed E-state index contributed by atoms with van der Waals surface area (Å²) < 4.78 is 7.26. The van der Waals surface area contributed by atoms with Crippen LogP contribution < -0.4 is 4.74 Å². The monoisotopic (exact) mass is 292 g/mol. The van der Waals surface area contributed by atoms with Crippen molar-refractivity contribution in [1.29, 1.82) is 0 Å². The molecule has 2 aromatic rings. The highest BCUT2D eigenvalue weighted by atomic mass is 16.5. The molecule has 21 heavy (non-hydrogen) atoms. The summed E-state index contributed by atoms with van der Waals surface area (Å²) in [4.78, 5) is 12.8. The van der Waals surface area contributed by atoms with Crippen molar-refractivity contribution < 1.29 is 9.84 Å². The largest absolute Gasteiger partial charge is 0.479 e. The molecule has 0 radical (unpaired) electrons. The van der Waals surface area contributed by atoms with Crippen LogP contribution in [-0.4, -0.2) is 38.3 Å².